The molecule has 3 aromatic rings. The van der Waals surface area contributed by atoms with Crippen LogP contribution in [0.1, 0.15) is 36.6 Å². The Morgan fingerprint density at radius 3 is 2.44 bits per heavy atom. The number of halogens is 1. The number of aryl methyl sites for hydroxylation is 1. The SMILES string of the molecule is CCc1ccc(N2C(=O)C(Cc3cccc(Cl)c3)S/C2=C(/C#N)C(=O)NC(C)c2ccccc2)cc1. The maximum absolute atomic E-state index is 13.6. The minimum absolute atomic E-state index is 0.0794. The average Bonchev–Trinajstić information content (AvgIpc) is 3.20. The maximum Gasteiger partial charge on any atom is 0.265 e. The highest BCUT2D eigenvalue weighted by Gasteiger charge is 2.41. The van der Waals surface area contributed by atoms with Gasteiger partial charge in [-0.1, -0.05) is 84.9 Å². The van der Waals surface area contributed by atoms with Crippen molar-refractivity contribution >= 4 is 40.9 Å². The average molecular weight is 516 g/mol. The normalized spacial score (nSPS) is 17.4. The molecule has 1 N–H and O–H groups in total. The highest BCUT2D eigenvalue weighted by Crippen LogP contribution is 2.42. The van der Waals surface area contributed by atoms with Crippen molar-refractivity contribution in [2.45, 2.75) is 38.0 Å². The van der Waals surface area contributed by atoms with Crippen LogP contribution in [0.3, 0.4) is 0 Å². The molecular weight excluding hydrogens is 490 g/mol. The smallest absolute Gasteiger partial charge is 0.265 e. The standard InChI is InChI=1S/C29H26ClN3O2S/c1-3-20-12-14-24(15-13-20)33-28(35)26(17-21-8-7-11-23(30)16-21)36-29(33)25(18-31)27(34)32-19(2)22-9-5-4-6-10-22/h4-16,19,26H,3,17H2,1-2H3,(H,32,34)/b29-25-. The molecule has 4 rings (SSSR count). The minimum Gasteiger partial charge on any atom is -0.345 e. The summed E-state index contributed by atoms with van der Waals surface area (Å²) in [5, 5.41) is 13.4. The van der Waals surface area contributed by atoms with Gasteiger partial charge in [-0.3, -0.25) is 14.5 Å². The Morgan fingerprint density at radius 1 is 1.08 bits per heavy atom. The van der Waals surface area contributed by atoms with E-state index in [0.717, 1.165) is 23.1 Å². The fourth-order valence-electron chi connectivity index (χ4n) is 4.07. The van der Waals surface area contributed by atoms with Crippen LogP contribution in [0.15, 0.2) is 89.5 Å². The number of nitrogens with one attached hydrogen (secondary N) is 1. The van der Waals surface area contributed by atoms with Gasteiger partial charge in [-0.05, 0) is 60.7 Å². The van der Waals surface area contributed by atoms with Gasteiger partial charge < -0.3 is 5.32 Å². The lowest BCUT2D eigenvalue weighted by molar-refractivity contribution is -0.117. The van der Waals surface area contributed by atoms with E-state index in [9.17, 15) is 14.9 Å². The van der Waals surface area contributed by atoms with Crippen molar-refractivity contribution in [2.24, 2.45) is 0 Å². The maximum atomic E-state index is 13.6. The van der Waals surface area contributed by atoms with Gasteiger partial charge in [0.15, 0.2) is 0 Å². The number of hydrogen-bond acceptors (Lipinski definition) is 4. The number of thioether (sulfide) groups is 1. The molecular formula is C29H26ClN3O2S. The molecule has 0 aliphatic carbocycles. The summed E-state index contributed by atoms with van der Waals surface area (Å²) in [4.78, 5) is 28.4. The first-order chi connectivity index (χ1) is 17.4. The van der Waals surface area contributed by atoms with Crippen molar-refractivity contribution in [1.82, 2.24) is 5.32 Å². The second kappa shape index (κ2) is 11.5. The van der Waals surface area contributed by atoms with Crippen molar-refractivity contribution < 1.29 is 9.59 Å². The Balaban J connectivity index is 1.70. The zero-order valence-electron chi connectivity index (χ0n) is 20.1. The van der Waals surface area contributed by atoms with Gasteiger partial charge in [0.1, 0.15) is 16.7 Å². The first kappa shape index (κ1) is 25.6. The van der Waals surface area contributed by atoms with Crippen molar-refractivity contribution in [3.05, 3.63) is 111 Å². The Kier molecular flexibility index (Phi) is 8.14. The van der Waals surface area contributed by atoms with E-state index in [1.54, 1.807) is 6.07 Å². The van der Waals surface area contributed by atoms with E-state index in [1.807, 2.05) is 79.7 Å². The van der Waals surface area contributed by atoms with E-state index in [4.69, 9.17) is 11.6 Å². The largest absolute Gasteiger partial charge is 0.345 e. The summed E-state index contributed by atoms with van der Waals surface area (Å²) in [6, 6.07) is 26.3. The van der Waals surface area contributed by atoms with E-state index in [1.165, 1.54) is 16.7 Å². The predicted octanol–water partition coefficient (Wildman–Crippen LogP) is 6.21. The second-order valence-corrected chi connectivity index (χ2v) is 10.2. The fraction of sp³-hybridized carbons (Fsp3) is 0.207. The number of nitriles is 1. The molecule has 3 aromatic carbocycles. The van der Waals surface area contributed by atoms with E-state index in [-0.39, 0.29) is 17.5 Å². The molecule has 0 bridgehead atoms. The van der Waals surface area contributed by atoms with Gasteiger partial charge in [-0.2, -0.15) is 5.26 Å². The summed E-state index contributed by atoms with van der Waals surface area (Å²) in [6.07, 6.45) is 1.30. The lowest BCUT2D eigenvalue weighted by Crippen LogP contribution is -2.32. The molecule has 0 saturated carbocycles. The van der Waals surface area contributed by atoms with Gasteiger partial charge in [-0.25, -0.2) is 0 Å². The van der Waals surface area contributed by atoms with Crippen LogP contribution >= 0.6 is 23.4 Å². The molecule has 2 amide bonds. The van der Waals surface area contributed by atoms with Gasteiger partial charge in [0.25, 0.3) is 5.91 Å². The molecule has 0 spiro atoms. The number of benzene rings is 3. The highest BCUT2D eigenvalue weighted by atomic mass is 35.5. The summed E-state index contributed by atoms with van der Waals surface area (Å²) in [5.74, 6) is -0.682. The second-order valence-electron chi connectivity index (χ2n) is 8.53. The summed E-state index contributed by atoms with van der Waals surface area (Å²) >= 11 is 7.40. The van der Waals surface area contributed by atoms with Gasteiger partial charge in [0.05, 0.1) is 11.3 Å². The first-order valence-electron chi connectivity index (χ1n) is 11.8. The number of amides is 2. The fourth-order valence-corrected chi connectivity index (χ4v) is 5.60. The lowest BCUT2D eigenvalue weighted by Gasteiger charge is -2.20. The van der Waals surface area contributed by atoms with E-state index < -0.39 is 11.2 Å². The molecule has 2 unspecified atom stereocenters. The molecule has 1 aliphatic rings. The van der Waals surface area contributed by atoms with Crippen molar-refractivity contribution in [3.8, 4) is 6.07 Å². The lowest BCUT2D eigenvalue weighted by atomic mass is 10.1. The van der Waals surface area contributed by atoms with Crippen LogP contribution < -0.4 is 10.2 Å². The molecule has 1 fully saturated rings. The highest BCUT2D eigenvalue weighted by molar-refractivity contribution is 8.05. The van der Waals surface area contributed by atoms with Crippen LogP contribution in [0, 0.1) is 11.3 Å². The zero-order valence-corrected chi connectivity index (χ0v) is 21.6. The quantitative estimate of drug-likeness (QED) is 0.300. The van der Waals surface area contributed by atoms with Crippen LogP contribution in [0.2, 0.25) is 5.02 Å². The molecule has 7 heteroatoms. The van der Waals surface area contributed by atoms with Crippen LogP contribution in [0.5, 0.6) is 0 Å². The third kappa shape index (κ3) is 5.64. The van der Waals surface area contributed by atoms with E-state index in [2.05, 4.69) is 18.3 Å². The van der Waals surface area contributed by atoms with Crippen molar-refractivity contribution in [1.29, 1.82) is 5.26 Å². The number of hydrogen-bond donors (Lipinski definition) is 1. The molecule has 2 atom stereocenters. The molecule has 0 radical (unpaired) electrons. The first-order valence-corrected chi connectivity index (χ1v) is 13.0. The zero-order chi connectivity index (χ0) is 25.7. The summed E-state index contributed by atoms with van der Waals surface area (Å²) in [5.41, 5.74) is 3.52. The number of anilines is 1. The van der Waals surface area contributed by atoms with Crippen LogP contribution in [0.4, 0.5) is 5.69 Å². The third-order valence-corrected chi connectivity index (χ3v) is 7.56. The predicted molar refractivity (Wildman–Crippen MR) is 145 cm³/mol. The van der Waals surface area contributed by atoms with Gasteiger partial charge in [0, 0.05) is 10.7 Å². The molecule has 182 valence electrons. The molecule has 1 saturated heterocycles. The Morgan fingerprint density at radius 2 is 1.81 bits per heavy atom. The number of carbonyl (C=O) groups excluding carboxylic acids is 2. The van der Waals surface area contributed by atoms with Crippen LogP contribution in [-0.4, -0.2) is 17.1 Å². The Hall–Kier alpha value is -3.53. The monoisotopic (exact) mass is 515 g/mol. The summed E-state index contributed by atoms with van der Waals surface area (Å²) in [7, 11) is 0. The van der Waals surface area contributed by atoms with Crippen LogP contribution in [0.25, 0.3) is 0 Å². The van der Waals surface area contributed by atoms with Crippen molar-refractivity contribution in [2.75, 3.05) is 4.90 Å². The Bertz CT molecular complexity index is 1330. The minimum atomic E-state index is -0.511. The third-order valence-electron chi connectivity index (χ3n) is 6.07. The molecule has 36 heavy (non-hydrogen) atoms. The summed E-state index contributed by atoms with van der Waals surface area (Å²) in [6.45, 7) is 3.92. The molecule has 5 nitrogen and oxygen atoms in total. The van der Waals surface area contributed by atoms with Gasteiger partial charge in [0.2, 0.25) is 5.91 Å². The number of carbonyl (C=O) groups is 2. The topological polar surface area (TPSA) is 73.2 Å². The molecule has 0 aromatic heterocycles. The molecule has 1 aliphatic heterocycles. The van der Waals surface area contributed by atoms with Crippen LogP contribution in [-0.2, 0) is 22.4 Å². The Labute approximate surface area is 220 Å². The number of rotatable bonds is 7. The van der Waals surface area contributed by atoms with Gasteiger partial charge >= 0.3 is 0 Å². The van der Waals surface area contributed by atoms with Crippen molar-refractivity contribution in [3.63, 3.8) is 0 Å². The number of nitrogens with zero attached hydrogens (tertiary/aromatic N) is 2. The summed E-state index contributed by atoms with van der Waals surface area (Å²) < 4.78 is 0. The van der Waals surface area contributed by atoms with E-state index >= 15 is 0 Å². The van der Waals surface area contributed by atoms with E-state index in [0.29, 0.717) is 22.2 Å². The van der Waals surface area contributed by atoms with Gasteiger partial charge in [-0.15, -0.1) is 0 Å². The molecule has 1 heterocycles.